The molecule has 3 aromatic rings. The summed E-state index contributed by atoms with van der Waals surface area (Å²) in [7, 11) is 0. The molecule has 9 heteroatoms. The maximum Gasteiger partial charge on any atom is 0.343 e. The molecule has 0 aliphatic carbocycles. The first-order valence-corrected chi connectivity index (χ1v) is 9.64. The summed E-state index contributed by atoms with van der Waals surface area (Å²) in [5.74, 6) is -2.98. The normalized spacial score (nSPS) is 10.5. The zero-order valence-electron chi connectivity index (χ0n) is 16.9. The number of benzene rings is 3. The summed E-state index contributed by atoms with van der Waals surface area (Å²) in [5, 5.41) is 13.4. The monoisotopic (exact) mass is 440 g/mol. The second-order valence-electron chi connectivity index (χ2n) is 6.78. The third-order valence-corrected chi connectivity index (χ3v) is 4.52. The number of esters is 1. The van der Waals surface area contributed by atoms with Gasteiger partial charge in [0.2, 0.25) is 0 Å². The molecule has 7 nitrogen and oxygen atoms in total. The first kappa shape index (κ1) is 22.5. The number of nitrogens with one attached hydrogen (secondary N) is 1. The average Bonchev–Trinajstić information content (AvgIpc) is 2.78. The van der Waals surface area contributed by atoms with Crippen LogP contribution in [0, 0.1) is 21.7 Å². The fourth-order valence-electron chi connectivity index (χ4n) is 2.90. The Hall–Kier alpha value is -4.14. The minimum atomic E-state index is -0.829. The molecule has 0 aliphatic heterocycles. The van der Waals surface area contributed by atoms with E-state index in [0.717, 1.165) is 24.3 Å². The van der Waals surface area contributed by atoms with Gasteiger partial charge in [-0.2, -0.15) is 0 Å². The second kappa shape index (κ2) is 9.78. The van der Waals surface area contributed by atoms with Crippen molar-refractivity contribution in [3.63, 3.8) is 0 Å². The highest BCUT2D eigenvalue weighted by molar-refractivity contribution is 6.00. The third-order valence-electron chi connectivity index (χ3n) is 4.52. The summed E-state index contributed by atoms with van der Waals surface area (Å²) >= 11 is 0. The number of carbonyl (C=O) groups is 2. The molecule has 0 saturated carbocycles. The molecule has 0 bridgehead atoms. The number of nitrogens with zero attached hydrogens (tertiary/aromatic N) is 1. The zero-order valence-corrected chi connectivity index (χ0v) is 16.9. The van der Waals surface area contributed by atoms with Crippen LogP contribution in [0.4, 0.5) is 14.5 Å². The van der Waals surface area contributed by atoms with E-state index in [1.54, 1.807) is 0 Å². The van der Waals surface area contributed by atoms with Crippen molar-refractivity contribution in [1.82, 2.24) is 5.32 Å². The molecular formula is C23H18F2N2O5. The van der Waals surface area contributed by atoms with Crippen LogP contribution in [0.5, 0.6) is 5.75 Å². The first-order chi connectivity index (χ1) is 15.3. The number of rotatable bonds is 7. The Kier molecular flexibility index (Phi) is 6.89. The van der Waals surface area contributed by atoms with Gasteiger partial charge in [-0.05, 0) is 48.4 Å². The number of halogens is 2. The summed E-state index contributed by atoms with van der Waals surface area (Å²) in [4.78, 5) is 35.3. The van der Waals surface area contributed by atoms with E-state index in [9.17, 15) is 28.5 Å². The number of hydrogen-bond acceptors (Lipinski definition) is 5. The molecule has 164 valence electrons. The lowest BCUT2D eigenvalue weighted by atomic mass is 10.0. The lowest BCUT2D eigenvalue weighted by Crippen LogP contribution is -2.25. The Bertz CT molecular complexity index is 1180. The Morgan fingerprint density at radius 1 is 1.03 bits per heavy atom. The Morgan fingerprint density at radius 2 is 1.75 bits per heavy atom. The molecule has 0 aliphatic rings. The number of carbonyl (C=O) groups excluding carboxylic acids is 2. The maximum absolute atomic E-state index is 14.2. The Labute approximate surface area is 181 Å². The van der Waals surface area contributed by atoms with Gasteiger partial charge in [0.25, 0.3) is 11.6 Å². The molecule has 3 aromatic carbocycles. The number of non-ortho nitro benzene ring substituents is 1. The molecule has 0 heterocycles. The van der Waals surface area contributed by atoms with Crippen molar-refractivity contribution in [3.8, 4) is 16.9 Å². The van der Waals surface area contributed by atoms with Gasteiger partial charge in [-0.25, -0.2) is 13.6 Å². The minimum absolute atomic E-state index is 0.0186. The van der Waals surface area contributed by atoms with E-state index in [-0.39, 0.29) is 28.1 Å². The van der Waals surface area contributed by atoms with E-state index in [1.807, 2.05) is 6.92 Å². The highest BCUT2D eigenvalue weighted by atomic mass is 19.1. The number of amides is 1. The van der Waals surface area contributed by atoms with Crippen LogP contribution in [0.1, 0.15) is 34.1 Å². The van der Waals surface area contributed by atoms with E-state index >= 15 is 0 Å². The maximum atomic E-state index is 14.2. The molecule has 0 fully saturated rings. The van der Waals surface area contributed by atoms with E-state index < -0.39 is 28.4 Å². The number of nitro groups is 1. The van der Waals surface area contributed by atoms with Gasteiger partial charge >= 0.3 is 5.97 Å². The highest BCUT2D eigenvalue weighted by Gasteiger charge is 2.19. The van der Waals surface area contributed by atoms with Crippen molar-refractivity contribution in [1.29, 1.82) is 0 Å². The van der Waals surface area contributed by atoms with E-state index in [2.05, 4.69) is 5.32 Å². The fraction of sp³-hybridized carbons (Fsp3) is 0.130. The molecule has 0 spiro atoms. The van der Waals surface area contributed by atoms with Crippen molar-refractivity contribution < 1.29 is 28.0 Å². The smallest absolute Gasteiger partial charge is 0.343 e. The van der Waals surface area contributed by atoms with Gasteiger partial charge in [0.05, 0.1) is 16.1 Å². The van der Waals surface area contributed by atoms with E-state index in [0.29, 0.717) is 18.5 Å². The van der Waals surface area contributed by atoms with Gasteiger partial charge in [0.1, 0.15) is 17.4 Å². The lowest BCUT2D eigenvalue weighted by molar-refractivity contribution is -0.384. The third kappa shape index (κ3) is 5.12. The number of nitro benzene ring substituents is 1. The van der Waals surface area contributed by atoms with Gasteiger partial charge in [0.15, 0.2) is 0 Å². The number of ether oxygens (including phenoxy) is 1. The van der Waals surface area contributed by atoms with Crippen molar-refractivity contribution >= 4 is 17.6 Å². The van der Waals surface area contributed by atoms with Crippen LogP contribution >= 0.6 is 0 Å². The molecule has 0 unspecified atom stereocenters. The predicted molar refractivity (Wildman–Crippen MR) is 112 cm³/mol. The molecule has 0 radical (unpaired) electrons. The average molecular weight is 440 g/mol. The largest absolute Gasteiger partial charge is 0.422 e. The molecule has 0 atom stereocenters. The first-order valence-electron chi connectivity index (χ1n) is 9.64. The predicted octanol–water partition coefficient (Wildman–Crippen LogP) is 4.90. The molecule has 3 rings (SSSR count). The molecule has 32 heavy (non-hydrogen) atoms. The molecule has 0 aromatic heterocycles. The summed E-state index contributed by atoms with van der Waals surface area (Å²) in [5.41, 5.74) is 0.203. The molecule has 1 N–H and O–H groups in total. The summed E-state index contributed by atoms with van der Waals surface area (Å²) in [6.45, 7) is 2.23. The van der Waals surface area contributed by atoms with Crippen LogP contribution in [-0.2, 0) is 0 Å². The Balaban J connectivity index is 1.95. The minimum Gasteiger partial charge on any atom is -0.422 e. The summed E-state index contributed by atoms with van der Waals surface area (Å²) in [6.07, 6.45) is 0.663. The molecule has 0 saturated heterocycles. The van der Waals surface area contributed by atoms with Crippen LogP contribution in [0.25, 0.3) is 11.1 Å². The van der Waals surface area contributed by atoms with Crippen molar-refractivity contribution in [2.45, 2.75) is 13.3 Å². The quantitative estimate of drug-likeness (QED) is 0.244. The van der Waals surface area contributed by atoms with Gasteiger partial charge < -0.3 is 10.1 Å². The van der Waals surface area contributed by atoms with Crippen molar-refractivity contribution in [3.05, 3.63) is 93.5 Å². The van der Waals surface area contributed by atoms with Crippen molar-refractivity contribution in [2.24, 2.45) is 0 Å². The second-order valence-corrected chi connectivity index (χ2v) is 6.78. The van der Waals surface area contributed by atoms with Crippen molar-refractivity contribution in [2.75, 3.05) is 6.54 Å². The van der Waals surface area contributed by atoms with Gasteiger partial charge in [-0.15, -0.1) is 0 Å². The summed E-state index contributed by atoms with van der Waals surface area (Å²) < 4.78 is 32.8. The lowest BCUT2D eigenvalue weighted by Gasteiger charge is -2.13. The van der Waals surface area contributed by atoms with Crippen LogP contribution in [-0.4, -0.2) is 23.3 Å². The van der Waals surface area contributed by atoms with Gasteiger partial charge in [0, 0.05) is 30.3 Å². The molecular weight excluding hydrogens is 422 g/mol. The standard InChI is InChI=1S/C23H18F2N2O5/c1-2-11-26-22(28)19-12-15(18-9-6-16(24)13-20(18)25)5-10-21(19)32-23(29)14-3-7-17(8-4-14)27(30)31/h3-10,12-13H,2,11H2,1H3,(H,26,28). The van der Waals surface area contributed by atoms with Crippen LogP contribution in [0.3, 0.4) is 0 Å². The zero-order chi connectivity index (χ0) is 23.3. The number of hydrogen-bond donors (Lipinski definition) is 1. The van der Waals surface area contributed by atoms with E-state index in [1.165, 1.54) is 36.4 Å². The van der Waals surface area contributed by atoms with Crippen LogP contribution < -0.4 is 10.1 Å². The summed E-state index contributed by atoms with van der Waals surface area (Å²) in [6, 6.07) is 12.0. The van der Waals surface area contributed by atoms with Crippen LogP contribution in [0.15, 0.2) is 60.7 Å². The SMILES string of the molecule is CCCNC(=O)c1cc(-c2ccc(F)cc2F)ccc1OC(=O)c1ccc([N+](=O)[O-])cc1. The van der Waals surface area contributed by atoms with Gasteiger partial charge in [-0.1, -0.05) is 13.0 Å². The van der Waals surface area contributed by atoms with Crippen LogP contribution in [0.2, 0.25) is 0 Å². The molecule has 1 amide bonds. The van der Waals surface area contributed by atoms with Gasteiger partial charge in [-0.3, -0.25) is 14.9 Å². The fourth-order valence-corrected chi connectivity index (χ4v) is 2.90. The highest BCUT2D eigenvalue weighted by Crippen LogP contribution is 2.29. The Morgan fingerprint density at radius 3 is 2.38 bits per heavy atom. The van der Waals surface area contributed by atoms with E-state index in [4.69, 9.17) is 4.74 Å². The topological polar surface area (TPSA) is 98.5 Å².